The summed E-state index contributed by atoms with van der Waals surface area (Å²) in [6.45, 7) is 7.50. The fourth-order valence-electron chi connectivity index (χ4n) is 2.44. The second kappa shape index (κ2) is 6.72. The molecule has 0 bridgehead atoms. The molecule has 1 saturated heterocycles. The third-order valence-corrected chi connectivity index (χ3v) is 4.93. The molecule has 1 aliphatic rings. The largest absolute Gasteiger partial charge is 0.369 e. The Bertz CT molecular complexity index is 566. The molecule has 0 saturated carbocycles. The van der Waals surface area contributed by atoms with Crippen LogP contribution in [0.3, 0.4) is 0 Å². The Morgan fingerprint density at radius 2 is 1.95 bits per heavy atom. The number of hydrogen-bond acceptors (Lipinski definition) is 5. The highest BCUT2D eigenvalue weighted by molar-refractivity contribution is 7.88. The second-order valence-corrected chi connectivity index (χ2v) is 7.67. The minimum atomic E-state index is -3.08. The third-order valence-electron chi connectivity index (χ3n) is 3.63. The van der Waals surface area contributed by atoms with Gasteiger partial charge in [-0.25, -0.2) is 8.42 Å². The summed E-state index contributed by atoms with van der Waals surface area (Å²) >= 11 is 0. The lowest BCUT2D eigenvalue weighted by Crippen LogP contribution is -2.48. The summed E-state index contributed by atoms with van der Waals surface area (Å²) < 4.78 is 24.7. The van der Waals surface area contributed by atoms with Gasteiger partial charge in [-0.2, -0.15) is 4.31 Å². The Morgan fingerprint density at radius 1 is 1.29 bits per heavy atom. The first kappa shape index (κ1) is 16.2. The van der Waals surface area contributed by atoms with Gasteiger partial charge in [0.25, 0.3) is 0 Å². The van der Waals surface area contributed by atoms with E-state index in [1.165, 1.54) is 10.6 Å². The van der Waals surface area contributed by atoms with Crippen LogP contribution in [-0.4, -0.2) is 56.2 Å². The van der Waals surface area contributed by atoms with Crippen LogP contribution < -0.4 is 10.2 Å². The molecule has 0 unspecified atom stereocenters. The van der Waals surface area contributed by atoms with E-state index in [0.717, 1.165) is 17.8 Å². The number of nitrogens with one attached hydrogen (secondary N) is 1. The molecule has 21 heavy (non-hydrogen) atoms. The first-order chi connectivity index (χ1) is 9.88. The Morgan fingerprint density at radius 3 is 2.52 bits per heavy atom. The Labute approximate surface area is 127 Å². The topological polar surface area (TPSA) is 65.5 Å². The van der Waals surface area contributed by atoms with Crippen LogP contribution in [0.1, 0.15) is 19.4 Å². The van der Waals surface area contributed by atoms with Gasteiger partial charge in [0.2, 0.25) is 10.0 Å². The zero-order chi connectivity index (χ0) is 15.5. The highest BCUT2D eigenvalue weighted by Crippen LogP contribution is 2.21. The molecule has 0 atom stereocenters. The maximum Gasteiger partial charge on any atom is 0.211 e. The van der Waals surface area contributed by atoms with Crippen molar-refractivity contribution in [3.8, 4) is 0 Å². The van der Waals surface area contributed by atoms with Crippen molar-refractivity contribution in [3.05, 3.63) is 24.0 Å². The summed E-state index contributed by atoms with van der Waals surface area (Å²) in [6, 6.07) is 2.42. The van der Waals surface area contributed by atoms with Crippen molar-refractivity contribution in [1.29, 1.82) is 0 Å². The Hall–Kier alpha value is -1.18. The SMILES string of the molecule is CC(C)NCc1cnccc1N1CCN(S(C)(=O)=O)CC1. The smallest absolute Gasteiger partial charge is 0.211 e. The van der Waals surface area contributed by atoms with E-state index < -0.39 is 10.0 Å². The van der Waals surface area contributed by atoms with Crippen molar-refractivity contribution in [2.24, 2.45) is 0 Å². The molecule has 1 aromatic heterocycles. The average Bonchev–Trinajstić information content (AvgIpc) is 2.44. The molecule has 1 aromatic rings. The number of piperazine rings is 1. The number of pyridine rings is 1. The number of sulfonamides is 1. The molecule has 6 nitrogen and oxygen atoms in total. The Kier molecular flexibility index (Phi) is 5.18. The van der Waals surface area contributed by atoms with Gasteiger partial charge in [-0.15, -0.1) is 0 Å². The molecule has 0 radical (unpaired) electrons. The molecule has 1 N–H and O–H groups in total. The minimum Gasteiger partial charge on any atom is -0.369 e. The van der Waals surface area contributed by atoms with E-state index in [9.17, 15) is 8.42 Å². The fourth-order valence-corrected chi connectivity index (χ4v) is 3.27. The van der Waals surface area contributed by atoms with Crippen molar-refractivity contribution in [3.63, 3.8) is 0 Å². The molecule has 2 rings (SSSR count). The van der Waals surface area contributed by atoms with Crippen molar-refractivity contribution in [2.45, 2.75) is 26.4 Å². The molecule has 0 aliphatic carbocycles. The lowest BCUT2D eigenvalue weighted by molar-refractivity contribution is 0.387. The molecule has 7 heteroatoms. The molecular weight excluding hydrogens is 288 g/mol. The third kappa shape index (κ3) is 4.39. The number of hydrogen-bond donors (Lipinski definition) is 1. The predicted octanol–water partition coefficient (Wildman–Crippen LogP) is 0.661. The van der Waals surface area contributed by atoms with Crippen LogP contribution in [0, 0.1) is 0 Å². The average molecular weight is 312 g/mol. The highest BCUT2D eigenvalue weighted by atomic mass is 32.2. The number of aromatic nitrogens is 1. The molecule has 0 spiro atoms. The summed E-state index contributed by atoms with van der Waals surface area (Å²) in [5, 5.41) is 3.40. The van der Waals surface area contributed by atoms with E-state index in [1.54, 1.807) is 6.20 Å². The molecular formula is C14H24N4O2S. The van der Waals surface area contributed by atoms with Crippen LogP contribution in [0.5, 0.6) is 0 Å². The van der Waals surface area contributed by atoms with Crippen LogP contribution >= 0.6 is 0 Å². The van der Waals surface area contributed by atoms with Crippen molar-refractivity contribution in [1.82, 2.24) is 14.6 Å². The van der Waals surface area contributed by atoms with Gasteiger partial charge in [0.15, 0.2) is 0 Å². The highest BCUT2D eigenvalue weighted by Gasteiger charge is 2.24. The van der Waals surface area contributed by atoms with Gasteiger partial charge in [-0.05, 0) is 6.07 Å². The van der Waals surface area contributed by atoms with Crippen molar-refractivity contribution >= 4 is 15.7 Å². The van der Waals surface area contributed by atoms with E-state index >= 15 is 0 Å². The van der Waals surface area contributed by atoms with E-state index in [1.807, 2.05) is 12.3 Å². The standard InChI is InChI=1S/C14H24N4O2S/c1-12(2)16-11-13-10-15-5-4-14(13)17-6-8-18(9-7-17)21(3,19)20/h4-5,10,12,16H,6-9,11H2,1-3H3. The zero-order valence-electron chi connectivity index (χ0n) is 12.9. The van der Waals surface area contributed by atoms with Gasteiger partial charge in [-0.3, -0.25) is 4.98 Å². The summed E-state index contributed by atoms with van der Waals surface area (Å²) in [6.07, 6.45) is 4.94. The number of rotatable bonds is 5. The molecule has 118 valence electrons. The number of nitrogens with zero attached hydrogens (tertiary/aromatic N) is 3. The van der Waals surface area contributed by atoms with Crippen LogP contribution in [0.25, 0.3) is 0 Å². The minimum absolute atomic E-state index is 0.417. The Balaban J connectivity index is 2.06. The van der Waals surface area contributed by atoms with Crippen LogP contribution in [0.4, 0.5) is 5.69 Å². The maximum absolute atomic E-state index is 11.6. The number of anilines is 1. The summed E-state index contributed by atoms with van der Waals surface area (Å²) in [7, 11) is -3.08. The van der Waals surface area contributed by atoms with Gasteiger partial charge < -0.3 is 10.2 Å². The van der Waals surface area contributed by atoms with E-state index in [2.05, 4.69) is 29.0 Å². The first-order valence-corrected chi connectivity index (χ1v) is 9.09. The summed E-state index contributed by atoms with van der Waals surface area (Å²) in [5.41, 5.74) is 2.30. The predicted molar refractivity (Wildman–Crippen MR) is 84.8 cm³/mol. The van der Waals surface area contributed by atoms with Gasteiger partial charge in [0, 0.05) is 62.4 Å². The van der Waals surface area contributed by atoms with Gasteiger partial charge in [0.05, 0.1) is 6.26 Å². The van der Waals surface area contributed by atoms with Crippen LogP contribution in [0.15, 0.2) is 18.5 Å². The van der Waals surface area contributed by atoms with E-state index in [-0.39, 0.29) is 0 Å². The molecule has 2 heterocycles. The monoisotopic (exact) mass is 312 g/mol. The van der Waals surface area contributed by atoms with E-state index in [0.29, 0.717) is 32.2 Å². The van der Waals surface area contributed by atoms with Gasteiger partial charge in [0.1, 0.15) is 0 Å². The lowest BCUT2D eigenvalue weighted by atomic mass is 10.2. The van der Waals surface area contributed by atoms with Crippen molar-refractivity contribution in [2.75, 3.05) is 37.3 Å². The lowest BCUT2D eigenvalue weighted by Gasteiger charge is -2.35. The summed E-state index contributed by atoms with van der Waals surface area (Å²) in [4.78, 5) is 6.44. The summed E-state index contributed by atoms with van der Waals surface area (Å²) in [5.74, 6) is 0. The molecule has 0 amide bonds. The quantitative estimate of drug-likeness (QED) is 0.865. The maximum atomic E-state index is 11.6. The van der Waals surface area contributed by atoms with Gasteiger partial charge >= 0.3 is 0 Å². The first-order valence-electron chi connectivity index (χ1n) is 7.24. The molecule has 0 aromatic carbocycles. The second-order valence-electron chi connectivity index (χ2n) is 5.69. The van der Waals surface area contributed by atoms with Crippen LogP contribution in [-0.2, 0) is 16.6 Å². The van der Waals surface area contributed by atoms with Crippen molar-refractivity contribution < 1.29 is 8.42 Å². The zero-order valence-corrected chi connectivity index (χ0v) is 13.7. The molecule has 1 fully saturated rings. The van der Waals surface area contributed by atoms with Crippen LogP contribution in [0.2, 0.25) is 0 Å². The van der Waals surface area contributed by atoms with Gasteiger partial charge in [-0.1, -0.05) is 13.8 Å². The normalized spacial score (nSPS) is 17.4. The fraction of sp³-hybridized carbons (Fsp3) is 0.643. The van der Waals surface area contributed by atoms with E-state index in [4.69, 9.17) is 0 Å². The molecule has 1 aliphatic heterocycles.